The Labute approximate surface area is 131 Å². The van der Waals surface area contributed by atoms with E-state index >= 15 is 0 Å². The van der Waals surface area contributed by atoms with Crippen molar-refractivity contribution in [1.29, 1.82) is 0 Å². The number of halogens is 1. The molecule has 2 aliphatic rings. The van der Waals surface area contributed by atoms with E-state index in [0.717, 1.165) is 0 Å². The first-order chi connectivity index (χ1) is 10.8. The van der Waals surface area contributed by atoms with Crippen LogP contribution in [0, 0.1) is 0 Å². The third-order valence-corrected chi connectivity index (χ3v) is 4.10. The predicted octanol–water partition coefficient (Wildman–Crippen LogP) is -4.49. The lowest BCUT2D eigenvalue weighted by atomic mass is 9.96. The van der Waals surface area contributed by atoms with Gasteiger partial charge in [0.2, 0.25) is 6.36 Å². The molecule has 1 unspecified atom stereocenters. The molecule has 9 N–H and O–H groups in total. The van der Waals surface area contributed by atoms with Crippen molar-refractivity contribution in [2.45, 2.75) is 61.4 Å². The van der Waals surface area contributed by atoms with Crippen LogP contribution in [0.4, 0.5) is 4.39 Å². The molecule has 2 rings (SSSR count). The third-order valence-electron chi connectivity index (χ3n) is 4.10. The summed E-state index contributed by atoms with van der Waals surface area (Å²) < 4.78 is 29.0. The van der Waals surface area contributed by atoms with Gasteiger partial charge in [0.25, 0.3) is 0 Å². The Balaban J connectivity index is 2.11. The number of hydrogen-bond acceptors (Lipinski definition) is 10. The Morgan fingerprint density at radius 2 is 1.48 bits per heavy atom. The van der Waals surface area contributed by atoms with Crippen LogP contribution in [0.3, 0.4) is 0 Å². The quantitative estimate of drug-likeness (QED) is 0.263. The SMILES string of the molecule is N[C@H]1[C@H](O[C@H]2[C@H](O)[C@@H](N)C(F)O[C@@H]2CO)O[C@H](CO)[C@@H](O)[C@@H]1O. The number of ether oxygens (including phenoxy) is 3. The summed E-state index contributed by atoms with van der Waals surface area (Å²) in [5, 5.41) is 48.0. The number of rotatable bonds is 4. The van der Waals surface area contributed by atoms with Gasteiger partial charge in [-0.3, -0.25) is 0 Å². The smallest absolute Gasteiger partial charge is 0.217 e. The molecule has 0 aromatic rings. The second kappa shape index (κ2) is 7.61. The molecule has 0 aromatic heterocycles. The maximum Gasteiger partial charge on any atom is 0.217 e. The zero-order valence-electron chi connectivity index (χ0n) is 12.2. The summed E-state index contributed by atoms with van der Waals surface area (Å²) >= 11 is 0. The molecule has 0 aliphatic carbocycles. The molecule has 23 heavy (non-hydrogen) atoms. The van der Waals surface area contributed by atoms with Crippen LogP contribution in [0.25, 0.3) is 0 Å². The minimum Gasteiger partial charge on any atom is -0.394 e. The molecule has 10 nitrogen and oxygen atoms in total. The number of aliphatic hydroxyl groups is 5. The van der Waals surface area contributed by atoms with E-state index in [1.165, 1.54) is 0 Å². The van der Waals surface area contributed by atoms with E-state index in [2.05, 4.69) is 0 Å². The molecule has 0 saturated carbocycles. The van der Waals surface area contributed by atoms with Crippen LogP contribution in [0.15, 0.2) is 0 Å². The fourth-order valence-electron chi connectivity index (χ4n) is 2.62. The highest BCUT2D eigenvalue weighted by Crippen LogP contribution is 2.28. The predicted molar refractivity (Wildman–Crippen MR) is 71.4 cm³/mol. The van der Waals surface area contributed by atoms with Crippen LogP contribution in [0.5, 0.6) is 0 Å². The Morgan fingerprint density at radius 3 is 2.04 bits per heavy atom. The van der Waals surface area contributed by atoms with Gasteiger partial charge in [0.1, 0.15) is 36.6 Å². The van der Waals surface area contributed by atoms with Gasteiger partial charge < -0.3 is 51.2 Å². The molecule has 136 valence electrons. The molecular weight excluding hydrogens is 319 g/mol. The number of aliphatic hydroxyl groups excluding tert-OH is 5. The molecule has 0 spiro atoms. The summed E-state index contributed by atoms with van der Waals surface area (Å²) in [6.45, 7) is -1.27. The van der Waals surface area contributed by atoms with Gasteiger partial charge in [0, 0.05) is 0 Å². The lowest BCUT2D eigenvalue weighted by molar-refractivity contribution is -0.317. The highest BCUT2D eigenvalue weighted by Gasteiger charge is 2.49. The van der Waals surface area contributed by atoms with E-state index in [0.29, 0.717) is 0 Å². The first kappa shape index (κ1) is 18.9. The van der Waals surface area contributed by atoms with Gasteiger partial charge in [0.15, 0.2) is 6.29 Å². The molecule has 0 bridgehead atoms. The van der Waals surface area contributed by atoms with E-state index in [1.807, 2.05) is 0 Å². The van der Waals surface area contributed by atoms with Crippen molar-refractivity contribution in [2.75, 3.05) is 13.2 Å². The molecule has 2 aliphatic heterocycles. The van der Waals surface area contributed by atoms with Gasteiger partial charge in [-0.2, -0.15) is 0 Å². The second-order valence-corrected chi connectivity index (χ2v) is 5.66. The van der Waals surface area contributed by atoms with Crippen LogP contribution in [-0.2, 0) is 14.2 Å². The maximum atomic E-state index is 13.5. The van der Waals surface area contributed by atoms with Gasteiger partial charge in [-0.25, -0.2) is 4.39 Å². The molecule has 10 atom stereocenters. The summed E-state index contributed by atoms with van der Waals surface area (Å²) in [5.41, 5.74) is 11.2. The average Bonchev–Trinajstić information content (AvgIpc) is 2.55. The van der Waals surface area contributed by atoms with Crippen LogP contribution in [-0.4, -0.2) is 100 Å². The Hall–Kier alpha value is -0.470. The number of alkyl halides is 1. The average molecular weight is 342 g/mol. The van der Waals surface area contributed by atoms with Crippen molar-refractivity contribution in [3.8, 4) is 0 Å². The van der Waals surface area contributed by atoms with Crippen molar-refractivity contribution >= 4 is 0 Å². The van der Waals surface area contributed by atoms with Crippen LogP contribution in [0.2, 0.25) is 0 Å². The molecule has 0 amide bonds. The lowest BCUT2D eigenvalue weighted by Crippen LogP contribution is -2.67. The standard InChI is InChI=1S/C12H23FN2O8/c13-11-5(14)9(20)10(4(2-17)21-11)23-12-6(15)8(19)7(18)3(1-16)22-12/h3-12,16-20H,1-2,14-15H2/t3-,4-,5-,6-,7-,8-,9-,10-,11?,12+/m1/s1. The number of hydrogen-bond donors (Lipinski definition) is 7. The van der Waals surface area contributed by atoms with E-state index in [4.69, 9.17) is 30.8 Å². The van der Waals surface area contributed by atoms with Crippen molar-refractivity contribution in [2.24, 2.45) is 11.5 Å². The second-order valence-electron chi connectivity index (χ2n) is 5.66. The van der Waals surface area contributed by atoms with E-state index in [-0.39, 0.29) is 0 Å². The Kier molecular flexibility index (Phi) is 6.24. The van der Waals surface area contributed by atoms with Gasteiger partial charge in [-0.05, 0) is 0 Å². The molecule has 0 aromatic carbocycles. The molecule has 11 heteroatoms. The van der Waals surface area contributed by atoms with Gasteiger partial charge in [-0.15, -0.1) is 0 Å². The lowest BCUT2D eigenvalue weighted by Gasteiger charge is -2.45. The normalized spacial score (nSPS) is 51.7. The molecule has 2 saturated heterocycles. The third kappa shape index (κ3) is 3.64. The highest BCUT2D eigenvalue weighted by atomic mass is 19.1. The first-order valence-electron chi connectivity index (χ1n) is 7.19. The zero-order valence-corrected chi connectivity index (χ0v) is 12.2. The highest BCUT2D eigenvalue weighted by molar-refractivity contribution is 4.96. The Morgan fingerprint density at radius 1 is 0.870 bits per heavy atom. The topological polar surface area (TPSA) is 181 Å². The van der Waals surface area contributed by atoms with Gasteiger partial charge in [-0.1, -0.05) is 0 Å². The summed E-state index contributed by atoms with van der Waals surface area (Å²) in [5.74, 6) is 0. The first-order valence-corrected chi connectivity index (χ1v) is 7.19. The van der Waals surface area contributed by atoms with Crippen LogP contribution in [0.1, 0.15) is 0 Å². The summed E-state index contributed by atoms with van der Waals surface area (Å²) in [6, 6.07) is -2.62. The van der Waals surface area contributed by atoms with Gasteiger partial charge >= 0.3 is 0 Å². The Bertz CT molecular complexity index is 390. The molecule has 2 heterocycles. The van der Waals surface area contributed by atoms with Crippen molar-refractivity contribution in [1.82, 2.24) is 0 Å². The molecule has 0 radical (unpaired) electrons. The minimum absolute atomic E-state index is 0.607. The maximum absolute atomic E-state index is 13.5. The summed E-state index contributed by atoms with van der Waals surface area (Å²) in [6.07, 6.45) is -11.4. The van der Waals surface area contributed by atoms with Crippen molar-refractivity contribution in [3.05, 3.63) is 0 Å². The van der Waals surface area contributed by atoms with E-state index < -0.39 is 74.6 Å². The van der Waals surface area contributed by atoms with Crippen molar-refractivity contribution < 1.29 is 44.1 Å². The monoisotopic (exact) mass is 342 g/mol. The van der Waals surface area contributed by atoms with Crippen LogP contribution >= 0.6 is 0 Å². The fourth-order valence-corrected chi connectivity index (χ4v) is 2.62. The molecular formula is C12H23FN2O8. The fraction of sp³-hybridized carbons (Fsp3) is 1.00. The minimum atomic E-state index is -1.99. The largest absolute Gasteiger partial charge is 0.394 e. The summed E-state index contributed by atoms with van der Waals surface area (Å²) in [4.78, 5) is 0. The molecule has 2 fully saturated rings. The summed E-state index contributed by atoms with van der Waals surface area (Å²) in [7, 11) is 0. The zero-order chi connectivity index (χ0) is 17.3. The van der Waals surface area contributed by atoms with Crippen LogP contribution < -0.4 is 11.5 Å². The number of nitrogens with two attached hydrogens (primary N) is 2. The van der Waals surface area contributed by atoms with Crippen molar-refractivity contribution in [3.63, 3.8) is 0 Å². The van der Waals surface area contributed by atoms with E-state index in [9.17, 15) is 24.8 Å². The van der Waals surface area contributed by atoms with Gasteiger partial charge in [0.05, 0.1) is 25.3 Å². The van der Waals surface area contributed by atoms with E-state index in [1.54, 1.807) is 0 Å².